The van der Waals surface area contributed by atoms with Crippen LogP contribution in [0.25, 0.3) is 5.57 Å². The minimum atomic E-state index is -1.43. The SMILES string of the molecule is CC1=C[C@@H]2N(c3ccccc31)[C@@H](C(=O)c1ccc(Cl)cc1)[C@@H](C(=O)c1ccc(F)cc1)[C@@]21C(=O)Nc2ccccc21. The van der Waals surface area contributed by atoms with Crippen molar-refractivity contribution in [1.82, 2.24) is 0 Å². The van der Waals surface area contributed by atoms with Crippen molar-refractivity contribution in [2.75, 3.05) is 10.2 Å². The van der Waals surface area contributed by atoms with Crippen molar-refractivity contribution in [2.45, 2.75) is 24.4 Å². The number of anilines is 2. The minimum absolute atomic E-state index is 0.232. The number of amides is 1. The fraction of sp³-hybridized carbons (Fsp3) is 0.147. The fourth-order valence-electron chi connectivity index (χ4n) is 6.97. The molecular formula is C34H24ClFN2O3. The first-order valence-electron chi connectivity index (χ1n) is 13.4. The fourth-order valence-corrected chi connectivity index (χ4v) is 7.09. The average Bonchev–Trinajstić information content (AvgIpc) is 3.45. The highest BCUT2D eigenvalue weighted by atomic mass is 35.5. The summed E-state index contributed by atoms with van der Waals surface area (Å²) in [5.74, 6) is -2.65. The zero-order valence-corrected chi connectivity index (χ0v) is 22.7. The summed E-state index contributed by atoms with van der Waals surface area (Å²) in [6, 6.07) is 25.2. The molecule has 7 rings (SSSR count). The number of carbonyl (C=O) groups is 3. The van der Waals surface area contributed by atoms with Gasteiger partial charge in [-0.1, -0.05) is 54.1 Å². The van der Waals surface area contributed by atoms with Crippen molar-refractivity contribution < 1.29 is 18.8 Å². The predicted molar refractivity (Wildman–Crippen MR) is 157 cm³/mol. The van der Waals surface area contributed by atoms with Crippen molar-refractivity contribution in [1.29, 1.82) is 0 Å². The number of hydrogen-bond acceptors (Lipinski definition) is 4. The Morgan fingerprint density at radius 1 is 0.854 bits per heavy atom. The number of rotatable bonds is 4. The lowest BCUT2D eigenvalue weighted by Gasteiger charge is -2.39. The van der Waals surface area contributed by atoms with Crippen LogP contribution in [0.2, 0.25) is 5.02 Å². The summed E-state index contributed by atoms with van der Waals surface area (Å²) in [7, 11) is 0. The maximum atomic E-state index is 14.7. The molecule has 5 nitrogen and oxygen atoms in total. The Bertz CT molecular complexity index is 1780. The van der Waals surface area contributed by atoms with Crippen molar-refractivity contribution in [3.05, 3.63) is 136 Å². The molecule has 0 saturated carbocycles. The van der Waals surface area contributed by atoms with Gasteiger partial charge in [-0.3, -0.25) is 14.4 Å². The van der Waals surface area contributed by atoms with Gasteiger partial charge in [0.2, 0.25) is 5.91 Å². The summed E-state index contributed by atoms with van der Waals surface area (Å²) >= 11 is 6.15. The molecule has 3 aliphatic heterocycles. The molecule has 3 aliphatic rings. The third kappa shape index (κ3) is 3.57. The third-order valence-corrected chi connectivity index (χ3v) is 8.94. The number of hydrogen-bond donors (Lipinski definition) is 1. The van der Waals surface area contributed by atoms with E-state index in [1.807, 2.05) is 66.4 Å². The van der Waals surface area contributed by atoms with Crippen LogP contribution in [0.3, 0.4) is 0 Å². The van der Waals surface area contributed by atoms with E-state index >= 15 is 0 Å². The molecule has 1 spiro atoms. The van der Waals surface area contributed by atoms with Crippen molar-refractivity contribution >= 4 is 46.0 Å². The van der Waals surface area contributed by atoms with Crippen LogP contribution in [-0.4, -0.2) is 29.6 Å². The van der Waals surface area contributed by atoms with Crippen LogP contribution < -0.4 is 10.2 Å². The zero-order valence-electron chi connectivity index (χ0n) is 22.0. The van der Waals surface area contributed by atoms with Crippen molar-refractivity contribution in [3.63, 3.8) is 0 Å². The quantitative estimate of drug-likeness (QED) is 0.280. The summed E-state index contributed by atoms with van der Waals surface area (Å²) in [5, 5.41) is 3.50. The van der Waals surface area contributed by atoms with Gasteiger partial charge in [-0.2, -0.15) is 0 Å². The van der Waals surface area contributed by atoms with E-state index in [-0.39, 0.29) is 17.3 Å². The number of fused-ring (bicyclic) bond motifs is 6. The van der Waals surface area contributed by atoms with E-state index in [2.05, 4.69) is 5.32 Å². The number of carbonyl (C=O) groups excluding carboxylic acids is 3. The first-order chi connectivity index (χ1) is 19.8. The van der Waals surface area contributed by atoms with Gasteiger partial charge in [0.25, 0.3) is 0 Å². The lowest BCUT2D eigenvalue weighted by Crippen LogP contribution is -2.51. The predicted octanol–water partition coefficient (Wildman–Crippen LogP) is 6.73. The lowest BCUT2D eigenvalue weighted by molar-refractivity contribution is -0.121. The third-order valence-electron chi connectivity index (χ3n) is 8.69. The number of ketones is 2. The second-order valence-corrected chi connectivity index (χ2v) is 11.2. The van der Waals surface area contributed by atoms with E-state index < -0.39 is 35.0 Å². The number of allylic oxidation sites excluding steroid dienone is 1. The van der Waals surface area contributed by atoms with Gasteiger partial charge in [-0.25, -0.2) is 4.39 Å². The van der Waals surface area contributed by atoms with Gasteiger partial charge in [0.15, 0.2) is 11.6 Å². The van der Waals surface area contributed by atoms with Crippen LogP contribution in [-0.2, 0) is 10.2 Å². The molecule has 41 heavy (non-hydrogen) atoms. The normalized spacial score (nSPS) is 23.9. The number of nitrogens with zero attached hydrogens (tertiary/aromatic N) is 1. The zero-order chi connectivity index (χ0) is 28.5. The molecule has 0 aliphatic carbocycles. The van der Waals surface area contributed by atoms with Gasteiger partial charge in [-0.15, -0.1) is 0 Å². The van der Waals surface area contributed by atoms with Crippen LogP contribution in [0.15, 0.2) is 103 Å². The second kappa shape index (κ2) is 9.25. The first kappa shape index (κ1) is 25.4. The summed E-state index contributed by atoms with van der Waals surface area (Å²) in [6.07, 6.45) is 2.00. The Morgan fingerprint density at radius 2 is 1.49 bits per heavy atom. The minimum Gasteiger partial charge on any atom is -0.352 e. The number of Topliss-reactive ketones (excluding diaryl/α,β-unsaturated/α-hetero) is 2. The molecule has 0 bridgehead atoms. The molecule has 3 heterocycles. The van der Waals surface area contributed by atoms with Gasteiger partial charge >= 0.3 is 0 Å². The van der Waals surface area contributed by atoms with Gasteiger partial charge in [0, 0.05) is 33.1 Å². The number of halogens is 2. The maximum absolute atomic E-state index is 14.7. The Morgan fingerprint density at radius 3 is 2.24 bits per heavy atom. The monoisotopic (exact) mass is 562 g/mol. The Kier molecular flexibility index (Phi) is 5.73. The maximum Gasteiger partial charge on any atom is 0.238 e. The molecule has 202 valence electrons. The molecule has 1 fully saturated rings. The van der Waals surface area contributed by atoms with E-state index in [0.717, 1.165) is 16.8 Å². The number of para-hydroxylation sites is 2. The standard InChI is InChI=1S/C34H24ClFN2O3/c1-19-18-28-34(25-7-3-4-8-26(25)37-33(34)41)29(31(39)20-12-16-23(36)17-13-20)30(32(40)21-10-14-22(35)15-11-21)38(28)27-9-5-2-6-24(19)27/h2-18,28-30H,1H3,(H,37,41)/t28-,29-,30+,34-/m0/s1. The highest BCUT2D eigenvalue weighted by Gasteiger charge is 2.70. The van der Waals surface area contributed by atoms with Gasteiger partial charge in [0.05, 0.1) is 12.0 Å². The first-order valence-corrected chi connectivity index (χ1v) is 13.8. The van der Waals surface area contributed by atoms with Gasteiger partial charge < -0.3 is 10.2 Å². The van der Waals surface area contributed by atoms with Crippen molar-refractivity contribution in [3.8, 4) is 0 Å². The van der Waals surface area contributed by atoms with Crippen LogP contribution in [0.4, 0.5) is 15.8 Å². The van der Waals surface area contributed by atoms with Crippen LogP contribution in [0, 0.1) is 11.7 Å². The number of benzene rings is 4. The molecule has 4 aromatic carbocycles. The van der Waals surface area contributed by atoms with Crippen molar-refractivity contribution in [2.24, 2.45) is 5.92 Å². The van der Waals surface area contributed by atoms with E-state index in [9.17, 15) is 18.8 Å². The molecule has 4 atom stereocenters. The van der Waals surface area contributed by atoms with Crippen LogP contribution in [0.1, 0.15) is 38.8 Å². The van der Waals surface area contributed by atoms with Crippen LogP contribution >= 0.6 is 11.6 Å². The largest absolute Gasteiger partial charge is 0.352 e. The van der Waals surface area contributed by atoms with E-state index in [0.29, 0.717) is 21.8 Å². The van der Waals surface area contributed by atoms with Gasteiger partial charge in [0.1, 0.15) is 17.3 Å². The Hall–Kier alpha value is -4.55. The highest BCUT2D eigenvalue weighted by molar-refractivity contribution is 6.30. The molecule has 1 N–H and O–H groups in total. The molecule has 0 radical (unpaired) electrons. The topological polar surface area (TPSA) is 66.5 Å². The summed E-state index contributed by atoms with van der Waals surface area (Å²) in [6.45, 7) is 1.98. The van der Waals surface area contributed by atoms with Gasteiger partial charge in [-0.05, 0) is 78.7 Å². The average molecular weight is 563 g/mol. The summed E-state index contributed by atoms with van der Waals surface area (Å²) < 4.78 is 13.9. The molecule has 7 heteroatoms. The second-order valence-electron chi connectivity index (χ2n) is 10.8. The molecular weight excluding hydrogens is 539 g/mol. The Labute approximate surface area is 241 Å². The molecule has 4 aromatic rings. The molecule has 0 unspecified atom stereocenters. The highest BCUT2D eigenvalue weighted by Crippen LogP contribution is 2.58. The van der Waals surface area contributed by atoms with E-state index in [1.54, 1.807) is 24.3 Å². The molecule has 1 saturated heterocycles. The smallest absolute Gasteiger partial charge is 0.238 e. The van der Waals surface area contributed by atoms with E-state index in [4.69, 9.17) is 11.6 Å². The molecule has 1 amide bonds. The summed E-state index contributed by atoms with van der Waals surface area (Å²) in [4.78, 5) is 45.6. The Balaban J connectivity index is 1.55. The molecule has 0 aromatic heterocycles. The number of nitrogens with one attached hydrogen (secondary N) is 1. The van der Waals surface area contributed by atoms with Crippen LogP contribution in [0.5, 0.6) is 0 Å². The summed E-state index contributed by atoms with van der Waals surface area (Å²) in [5.41, 5.74) is 3.10. The van der Waals surface area contributed by atoms with E-state index in [1.165, 1.54) is 24.3 Å². The lowest BCUT2D eigenvalue weighted by atomic mass is 9.64.